The minimum atomic E-state index is 0.0848. The molecule has 1 rings (SSSR count). The van der Waals surface area contributed by atoms with Crippen molar-refractivity contribution in [3.05, 3.63) is 29.8 Å². The molecule has 0 aromatic heterocycles. The minimum Gasteiger partial charge on any atom is -0.497 e. The Morgan fingerprint density at radius 1 is 1.44 bits per heavy atom. The number of amides is 1. The van der Waals surface area contributed by atoms with Gasteiger partial charge in [-0.2, -0.15) is 0 Å². The van der Waals surface area contributed by atoms with Gasteiger partial charge in [0.1, 0.15) is 5.75 Å². The van der Waals surface area contributed by atoms with Crippen LogP contribution in [0, 0.1) is 0 Å². The molecule has 0 heterocycles. The zero-order chi connectivity index (χ0) is 12.0. The first-order valence-corrected chi connectivity index (χ1v) is 6.66. The first-order valence-electron chi connectivity index (χ1n) is 5.14. The molecule has 0 aliphatic carbocycles. The van der Waals surface area contributed by atoms with Crippen LogP contribution in [-0.2, 0) is 11.2 Å². The van der Waals surface area contributed by atoms with E-state index in [1.807, 2.05) is 31.2 Å². The Bertz CT molecular complexity index is 337. The number of carbonyl (C=O) groups is 1. The molecule has 0 saturated carbocycles. The summed E-state index contributed by atoms with van der Waals surface area (Å²) in [5.74, 6) is 0.939. The molecular formula is C12H16INO2. The number of ether oxygens (including phenoxy) is 1. The Kier molecular flexibility index (Phi) is 5.59. The highest BCUT2D eigenvalue weighted by atomic mass is 127. The molecular weight excluding hydrogens is 317 g/mol. The van der Waals surface area contributed by atoms with Gasteiger partial charge < -0.3 is 10.1 Å². The van der Waals surface area contributed by atoms with E-state index in [0.717, 1.165) is 12.2 Å². The summed E-state index contributed by atoms with van der Waals surface area (Å²) in [6, 6.07) is 8.07. The number of alkyl halides is 1. The average Bonchev–Trinajstić information content (AvgIpc) is 2.29. The smallest absolute Gasteiger partial charge is 0.230 e. The fourth-order valence-corrected chi connectivity index (χ4v) is 1.70. The van der Waals surface area contributed by atoms with Gasteiger partial charge in [-0.3, -0.25) is 4.79 Å². The van der Waals surface area contributed by atoms with E-state index in [-0.39, 0.29) is 11.9 Å². The molecule has 0 radical (unpaired) electrons. The summed E-state index contributed by atoms with van der Waals surface area (Å²) < 4.78 is 5.59. The van der Waals surface area contributed by atoms with Crippen LogP contribution in [0.3, 0.4) is 0 Å². The summed E-state index contributed by atoms with van der Waals surface area (Å²) >= 11 is 2.06. The van der Waals surface area contributed by atoms with Crippen LogP contribution in [0.5, 0.6) is 5.75 Å². The van der Waals surface area contributed by atoms with E-state index in [0.29, 0.717) is 4.43 Å². The Labute approximate surface area is 110 Å². The largest absolute Gasteiger partial charge is 0.497 e. The molecule has 0 unspecified atom stereocenters. The number of hydrogen-bond donors (Lipinski definition) is 1. The number of benzene rings is 1. The maximum absolute atomic E-state index is 11.2. The minimum absolute atomic E-state index is 0.0848. The summed E-state index contributed by atoms with van der Waals surface area (Å²) in [4.78, 5) is 11.2. The fourth-order valence-electron chi connectivity index (χ4n) is 1.48. The topological polar surface area (TPSA) is 38.3 Å². The van der Waals surface area contributed by atoms with Crippen molar-refractivity contribution in [2.45, 2.75) is 19.4 Å². The van der Waals surface area contributed by atoms with Crippen molar-refractivity contribution in [1.29, 1.82) is 0 Å². The molecule has 0 fully saturated rings. The lowest BCUT2D eigenvalue weighted by atomic mass is 10.1. The maximum atomic E-state index is 11.2. The van der Waals surface area contributed by atoms with Crippen LogP contribution in [0.1, 0.15) is 12.5 Å². The van der Waals surface area contributed by atoms with E-state index in [1.165, 1.54) is 5.56 Å². The molecule has 3 nitrogen and oxygen atoms in total. The number of hydrogen-bond acceptors (Lipinski definition) is 2. The Balaban J connectivity index is 2.49. The number of halogens is 1. The van der Waals surface area contributed by atoms with E-state index >= 15 is 0 Å². The average molecular weight is 333 g/mol. The molecule has 1 atom stereocenters. The zero-order valence-corrected chi connectivity index (χ0v) is 11.7. The third-order valence-electron chi connectivity index (χ3n) is 2.23. The van der Waals surface area contributed by atoms with Gasteiger partial charge in [0.25, 0.3) is 0 Å². The molecule has 1 N–H and O–H groups in total. The summed E-state index contributed by atoms with van der Waals surface area (Å²) in [7, 11) is 1.65. The lowest BCUT2D eigenvalue weighted by Gasteiger charge is -2.13. The van der Waals surface area contributed by atoms with Gasteiger partial charge in [-0.25, -0.2) is 0 Å². The quantitative estimate of drug-likeness (QED) is 0.663. The standard InChI is InChI=1S/C12H16INO2/c1-9(14-12(15)8-13)7-10-3-5-11(16-2)6-4-10/h3-6,9H,7-8H2,1-2H3,(H,14,15)/t9-/m1/s1. The van der Waals surface area contributed by atoms with Crippen LogP contribution >= 0.6 is 22.6 Å². The molecule has 4 heteroatoms. The van der Waals surface area contributed by atoms with Crippen LogP contribution in [-0.4, -0.2) is 23.5 Å². The summed E-state index contributed by atoms with van der Waals surface area (Å²) in [6.45, 7) is 2.01. The van der Waals surface area contributed by atoms with Crippen LogP contribution < -0.4 is 10.1 Å². The molecule has 0 bridgehead atoms. The van der Waals surface area contributed by atoms with Crippen LogP contribution in [0.2, 0.25) is 0 Å². The van der Waals surface area contributed by atoms with E-state index < -0.39 is 0 Å². The highest BCUT2D eigenvalue weighted by Crippen LogP contribution is 2.12. The third-order valence-corrected chi connectivity index (χ3v) is 2.92. The molecule has 0 aliphatic heterocycles. The van der Waals surface area contributed by atoms with Crippen molar-refractivity contribution in [2.75, 3.05) is 11.5 Å². The lowest BCUT2D eigenvalue weighted by molar-refractivity contribution is -0.118. The second-order valence-electron chi connectivity index (χ2n) is 3.65. The van der Waals surface area contributed by atoms with Crippen LogP contribution in [0.4, 0.5) is 0 Å². The van der Waals surface area contributed by atoms with Crippen molar-refractivity contribution in [3.63, 3.8) is 0 Å². The van der Waals surface area contributed by atoms with Crippen molar-refractivity contribution in [2.24, 2.45) is 0 Å². The number of methoxy groups -OCH3 is 1. The van der Waals surface area contributed by atoms with Crippen molar-refractivity contribution in [1.82, 2.24) is 5.32 Å². The van der Waals surface area contributed by atoms with Gasteiger partial charge in [0.15, 0.2) is 0 Å². The van der Waals surface area contributed by atoms with E-state index in [9.17, 15) is 4.79 Å². The highest BCUT2D eigenvalue weighted by Gasteiger charge is 2.06. The highest BCUT2D eigenvalue weighted by molar-refractivity contribution is 14.1. The zero-order valence-electron chi connectivity index (χ0n) is 9.50. The normalized spacial score (nSPS) is 11.9. The molecule has 1 aromatic rings. The second kappa shape index (κ2) is 6.73. The summed E-state index contributed by atoms with van der Waals surface area (Å²) in [6.07, 6.45) is 0.840. The van der Waals surface area contributed by atoms with Gasteiger partial charge in [-0.15, -0.1) is 0 Å². The summed E-state index contributed by atoms with van der Waals surface area (Å²) in [5.41, 5.74) is 1.20. The number of carbonyl (C=O) groups excluding carboxylic acids is 1. The monoisotopic (exact) mass is 333 g/mol. The van der Waals surface area contributed by atoms with Gasteiger partial charge in [0.2, 0.25) is 5.91 Å². The molecule has 0 saturated heterocycles. The molecule has 1 aromatic carbocycles. The predicted octanol–water partition coefficient (Wildman–Crippen LogP) is 2.18. The fraction of sp³-hybridized carbons (Fsp3) is 0.417. The van der Waals surface area contributed by atoms with Crippen molar-refractivity contribution < 1.29 is 9.53 Å². The van der Waals surface area contributed by atoms with Gasteiger partial charge in [0.05, 0.1) is 11.5 Å². The number of rotatable bonds is 5. The SMILES string of the molecule is COc1ccc(C[C@@H](C)NC(=O)CI)cc1. The summed E-state index contributed by atoms with van der Waals surface area (Å²) in [5, 5.41) is 2.93. The number of nitrogens with one attached hydrogen (secondary N) is 1. The van der Waals surface area contributed by atoms with Crippen LogP contribution in [0.25, 0.3) is 0 Å². The molecule has 0 spiro atoms. The second-order valence-corrected chi connectivity index (χ2v) is 4.42. The molecule has 88 valence electrons. The van der Waals surface area contributed by atoms with Gasteiger partial charge in [-0.1, -0.05) is 34.7 Å². The van der Waals surface area contributed by atoms with Gasteiger partial charge in [0, 0.05) is 6.04 Å². The van der Waals surface area contributed by atoms with E-state index in [1.54, 1.807) is 7.11 Å². The van der Waals surface area contributed by atoms with Crippen molar-refractivity contribution >= 4 is 28.5 Å². The van der Waals surface area contributed by atoms with Gasteiger partial charge >= 0.3 is 0 Å². The third kappa shape index (κ3) is 4.38. The molecule has 16 heavy (non-hydrogen) atoms. The first kappa shape index (κ1) is 13.3. The van der Waals surface area contributed by atoms with E-state index in [2.05, 4.69) is 27.9 Å². The van der Waals surface area contributed by atoms with Crippen molar-refractivity contribution in [3.8, 4) is 5.75 Å². The van der Waals surface area contributed by atoms with Crippen LogP contribution in [0.15, 0.2) is 24.3 Å². The first-order chi connectivity index (χ1) is 7.65. The van der Waals surface area contributed by atoms with E-state index in [4.69, 9.17) is 4.74 Å². The Morgan fingerprint density at radius 2 is 2.06 bits per heavy atom. The predicted molar refractivity (Wildman–Crippen MR) is 73.2 cm³/mol. The molecule has 1 amide bonds. The lowest BCUT2D eigenvalue weighted by Crippen LogP contribution is -2.34. The Hall–Kier alpha value is -0.780. The molecule has 0 aliphatic rings. The van der Waals surface area contributed by atoms with Gasteiger partial charge in [-0.05, 0) is 31.0 Å². The maximum Gasteiger partial charge on any atom is 0.230 e. The Morgan fingerprint density at radius 3 is 2.56 bits per heavy atom.